The quantitative estimate of drug-likeness (QED) is 0.452. The third-order valence-electron chi connectivity index (χ3n) is 2.04. The van der Waals surface area contributed by atoms with Gasteiger partial charge in [-0.1, -0.05) is 0 Å². The Morgan fingerprint density at radius 1 is 1.67 bits per heavy atom. The second-order valence-electron chi connectivity index (χ2n) is 3.04. The number of esters is 1. The molecule has 0 saturated heterocycles. The van der Waals surface area contributed by atoms with Crippen LogP contribution in [0.3, 0.4) is 0 Å². The van der Waals surface area contributed by atoms with Crippen LogP contribution in [0.4, 0.5) is 0 Å². The molecule has 0 bridgehead atoms. The van der Waals surface area contributed by atoms with Crippen LogP contribution < -0.4 is 4.73 Å². The number of ether oxygens (including phenoxy) is 1. The van der Waals surface area contributed by atoms with Gasteiger partial charge in [-0.05, 0) is 13.0 Å². The van der Waals surface area contributed by atoms with Crippen LogP contribution in [0.1, 0.15) is 17.4 Å². The molecule has 0 amide bonds. The summed E-state index contributed by atoms with van der Waals surface area (Å²) in [6, 6.07) is 4.83. The van der Waals surface area contributed by atoms with Crippen molar-refractivity contribution in [2.45, 2.75) is 6.92 Å². The molecule has 2 aromatic rings. The van der Waals surface area contributed by atoms with E-state index in [-0.39, 0.29) is 0 Å². The van der Waals surface area contributed by atoms with Crippen molar-refractivity contribution < 1.29 is 14.3 Å². The zero-order chi connectivity index (χ0) is 10.8. The second kappa shape index (κ2) is 3.61. The summed E-state index contributed by atoms with van der Waals surface area (Å²) in [5.74, 6) is -0.450. The van der Waals surface area contributed by atoms with E-state index in [1.807, 2.05) is 0 Å². The molecule has 0 aromatic carbocycles. The summed E-state index contributed by atoms with van der Waals surface area (Å²) in [5, 5.41) is 11.3. The maximum Gasteiger partial charge on any atom is 0.355 e. The molecule has 0 radical (unpaired) electrons. The number of fused-ring (bicyclic) bond motifs is 1. The van der Waals surface area contributed by atoms with E-state index in [1.54, 1.807) is 19.1 Å². The fourth-order valence-electron chi connectivity index (χ4n) is 1.39. The van der Waals surface area contributed by atoms with Crippen molar-refractivity contribution in [3.8, 4) is 0 Å². The van der Waals surface area contributed by atoms with Crippen molar-refractivity contribution in [3.63, 3.8) is 0 Å². The molecular formula is C10H10N2O3. The van der Waals surface area contributed by atoms with E-state index in [1.165, 1.54) is 12.3 Å². The highest BCUT2D eigenvalue weighted by atomic mass is 16.5. The fourth-order valence-corrected chi connectivity index (χ4v) is 1.39. The standard InChI is InChI=1S/C10H10N2O3/c1-2-15-10(13)8-6-9-7(11-8)4-3-5-12(9)14/h3-6,11H,2H2,1H3. The molecule has 0 aliphatic heterocycles. The molecule has 2 rings (SSSR count). The van der Waals surface area contributed by atoms with Crippen molar-refractivity contribution in [3.05, 3.63) is 35.3 Å². The molecule has 0 fully saturated rings. The first-order valence-corrected chi connectivity index (χ1v) is 4.60. The van der Waals surface area contributed by atoms with Gasteiger partial charge in [0.1, 0.15) is 11.2 Å². The van der Waals surface area contributed by atoms with Gasteiger partial charge in [0.2, 0.25) is 5.52 Å². The van der Waals surface area contributed by atoms with Crippen molar-refractivity contribution in [2.75, 3.05) is 6.61 Å². The number of aromatic amines is 1. The van der Waals surface area contributed by atoms with E-state index in [0.29, 0.717) is 28.1 Å². The highest BCUT2D eigenvalue weighted by Gasteiger charge is 2.14. The van der Waals surface area contributed by atoms with E-state index >= 15 is 0 Å². The van der Waals surface area contributed by atoms with Crippen LogP contribution in [0.25, 0.3) is 11.0 Å². The van der Waals surface area contributed by atoms with Gasteiger partial charge in [-0.3, -0.25) is 0 Å². The number of nitrogens with one attached hydrogen (secondary N) is 1. The van der Waals surface area contributed by atoms with E-state index in [4.69, 9.17) is 4.74 Å². The van der Waals surface area contributed by atoms with Gasteiger partial charge >= 0.3 is 5.97 Å². The molecule has 15 heavy (non-hydrogen) atoms. The van der Waals surface area contributed by atoms with Crippen LogP contribution in [0.15, 0.2) is 24.4 Å². The molecule has 1 N–H and O–H groups in total. The van der Waals surface area contributed by atoms with E-state index in [9.17, 15) is 10.0 Å². The number of pyridine rings is 1. The number of carbonyl (C=O) groups is 1. The molecule has 2 heterocycles. The number of hydrogen-bond acceptors (Lipinski definition) is 3. The highest BCUT2D eigenvalue weighted by Crippen LogP contribution is 2.11. The van der Waals surface area contributed by atoms with Crippen molar-refractivity contribution in [1.29, 1.82) is 0 Å². The highest BCUT2D eigenvalue weighted by molar-refractivity contribution is 5.92. The maximum atomic E-state index is 11.4. The van der Waals surface area contributed by atoms with Gasteiger partial charge in [0.25, 0.3) is 0 Å². The summed E-state index contributed by atoms with van der Waals surface area (Å²) in [6.07, 6.45) is 1.38. The second-order valence-corrected chi connectivity index (χ2v) is 3.04. The smallest absolute Gasteiger partial charge is 0.355 e. The summed E-state index contributed by atoms with van der Waals surface area (Å²) >= 11 is 0. The number of carbonyl (C=O) groups excluding carboxylic acids is 1. The minimum Gasteiger partial charge on any atom is -0.618 e. The van der Waals surface area contributed by atoms with Gasteiger partial charge in [0, 0.05) is 12.1 Å². The predicted octanol–water partition coefficient (Wildman–Crippen LogP) is 0.978. The third-order valence-corrected chi connectivity index (χ3v) is 2.04. The van der Waals surface area contributed by atoms with Crippen molar-refractivity contribution >= 4 is 17.0 Å². The predicted molar refractivity (Wildman–Crippen MR) is 53.2 cm³/mol. The molecule has 0 saturated carbocycles. The van der Waals surface area contributed by atoms with Gasteiger partial charge in [-0.2, -0.15) is 4.73 Å². The first-order chi connectivity index (χ1) is 7.22. The summed E-state index contributed by atoms with van der Waals surface area (Å²) in [7, 11) is 0. The normalized spacial score (nSPS) is 10.5. The molecular weight excluding hydrogens is 196 g/mol. The lowest BCUT2D eigenvalue weighted by Gasteiger charge is -1.96. The lowest BCUT2D eigenvalue weighted by molar-refractivity contribution is -0.576. The third kappa shape index (κ3) is 1.63. The summed E-state index contributed by atoms with van der Waals surface area (Å²) in [5.41, 5.74) is 1.35. The van der Waals surface area contributed by atoms with Crippen LogP contribution >= 0.6 is 0 Å². The Bertz CT molecular complexity index is 504. The molecule has 5 nitrogen and oxygen atoms in total. The number of aromatic nitrogens is 2. The number of nitrogens with zero attached hydrogens (tertiary/aromatic N) is 1. The van der Waals surface area contributed by atoms with Gasteiger partial charge in [0.05, 0.1) is 6.61 Å². The monoisotopic (exact) mass is 206 g/mol. The van der Waals surface area contributed by atoms with Gasteiger partial charge < -0.3 is 14.9 Å². The van der Waals surface area contributed by atoms with Crippen LogP contribution in [-0.4, -0.2) is 17.6 Å². The molecule has 0 spiro atoms. The number of rotatable bonds is 2. The minimum atomic E-state index is -0.450. The average Bonchev–Trinajstić information content (AvgIpc) is 2.63. The number of H-pyrrole nitrogens is 1. The zero-order valence-corrected chi connectivity index (χ0v) is 8.19. The van der Waals surface area contributed by atoms with Gasteiger partial charge in [-0.25, -0.2) is 4.79 Å². The topological polar surface area (TPSA) is 69.0 Å². The van der Waals surface area contributed by atoms with Crippen molar-refractivity contribution in [1.82, 2.24) is 4.98 Å². The molecule has 0 aliphatic carbocycles. The Balaban J connectivity index is 2.47. The Morgan fingerprint density at radius 3 is 3.13 bits per heavy atom. The Morgan fingerprint density at radius 2 is 2.47 bits per heavy atom. The number of hydrogen-bond donors (Lipinski definition) is 1. The molecule has 0 unspecified atom stereocenters. The van der Waals surface area contributed by atoms with Crippen LogP contribution in [0.5, 0.6) is 0 Å². The van der Waals surface area contributed by atoms with Crippen LogP contribution in [0.2, 0.25) is 0 Å². The Hall–Kier alpha value is -2.04. The molecule has 78 valence electrons. The fraction of sp³-hybridized carbons (Fsp3) is 0.200. The summed E-state index contributed by atoms with van der Waals surface area (Å²) in [4.78, 5) is 14.2. The summed E-state index contributed by atoms with van der Waals surface area (Å²) in [6.45, 7) is 2.04. The van der Waals surface area contributed by atoms with E-state index in [0.717, 1.165) is 0 Å². The van der Waals surface area contributed by atoms with Gasteiger partial charge in [-0.15, -0.1) is 0 Å². The zero-order valence-electron chi connectivity index (χ0n) is 8.19. The largest absolute Gasteiger partial charge is 0.618 e. The Kier molecular flexibility index (Phi) is 2.29. The first kappa shape index (κ1) is 9.51. The lowest BCUT2D eigenvalue weighted by atomic mass is 10.4. The summed E-state index contributed by atoms with van der Waals surface area (Å²) < 4.78 is 5.52. The lowest BCUT2D eigenvalue weighted by Crippen LogP contribution is -2.24. The van der Waals surface area contributed by atoms with E-state index in [2.05, 4.69) is 4.98 Å². The van der Waals surface area contributed by atoms with Crippen LogP contribution in [0, 0.1) is 5.21 Å². The average molecular weight is 206 g/mol. The Labute approximate surface area is 85.9 Å². The minimum absolute atomic E-state index is 0.294. The molecule has 0 atom stereocenters. The van der Waals surface area contributed by atoms with E-state index < -0.39 is 5.97 Å². The van der Waals surface area contributed by atoms with Gasteiger partial charge in [0.15, 0.2) is 6.20 Å². The van der Waals surface area contributed by atoms with Crippen molar-refractivity contribution in [2.24, 2.45) is 0 Å². The molecule has 2 aromatic heterocycles. The maximum absolute atomic E-state index is 11.4. The molecule has 0 aliphatic rings. The van der Waals surface area contributed by atoms with Crippen LogP contribution in [-0.2, 0) is 4.74 Å². The first-order valence-electron chi connectivity index (χ1n) is 4.60. The SMILES string of the molecule is CCOC(=O)c1cc2c(ccc[n+]2[O-])[nH]1. The molecule has 5 heteroatoms.